The Morgan fingerprint density at radius 2 is 1.73 bits per heavy atom. The molecule has 1 N–H and O–H groups in total. The van der Waals surface area contributed by atoms with Gasteiger partial charge in [-0.05, 0) is 60.9 Å². The average molecular weight is 478 g/mol. The van der Waals surface area contributed by atoms with Crippen LogP contribution in [0.1, 0.15) is 34.3 Å². The summed E-state index contributed by atoms with van der Waals surface area (Å²) in [5.41, 5.74) is 2.61. The molecular weight excluding hydrogens is 454 g/mol. The van der Waals surface area contributed by atoms with Gasteiger partial charge in [-0.1, -0.05) is 30.3 Å². The zero-order valence-corrected chi connectivity index (χ0v) is 19.5. The maximum absolute atomic E-state index is 13.0. The van der Waals surface area contributed by atoms with Crippen LogP contribution >= 0.6 is 11.8 Å². The van der Waals surface area contributed by atoms with E-state index in [1.807, 2.05) is 24.3 Å². The molecule has 1 saturated heterocycles. The van der Waals surface area contributed by atoms with Gasteiger partial charge in [0.1, 0.15) is 0 Å². The van der Waals surface area contributed by atoms with Crippen molar-refractivity contribution < 1.29 is 13.2 Å². The molecule has 0 bridgehead atoms. The van der Waals surface area contributed by atoms with Gasteiger partial charge in [0, 0.05) is 29.4 Å². The number of carbonyl (C=O) groups is 1. The lowest BCUT2D eigenvalue weighted by molar-refractivity contribution is 0.102. The van der Waals surface area contributed by atoms with Gasteiger partial charge in [-0.15, -0.1) is 11.8 Å². The van der Waals surface area contributed by atoms with Crippen LogP contribution in [-0.2, 0) is 15.8 Å². The number of thioether (sulfide) groups is 1. The molecule has 3 aromatic rings. The summed E-state index contributed by atoms with van der Waals surface area (Å²) in [4.78, 5) is 14.0. The maximum atomic E-state index is 13.0. The van der Waals surface area contributed by atoms with Crippen molar-refractivity contribution in [2.45, 2.75) is 28.4 Å². The molecule has 1 aliphatic rings. The Hall–Kier alpha value is -3.12. The fourth-order valence-corrected chi connectivity index (χ4v) is 6.20. The van der Waals surface area contributed by atoms with E-state index in [9.17, 15) is 13.2 Å². The predicted molar refractivity (Wildman–Crippen MR) is 130 cm³/mol. The van der Waals surface area contributed by atoms with Crippen molar-refractivity contribution in [3.05, 3.63) is 89.5 Å². The van der Waals surface area contributed by atoms with Crippen molar-refractivity contribution in [2.24, 2.45) is 0 Å². The van der Waals surface area contributed by atoms with Crippen LogP contribution in [0.15, 0.2) is 82.6 Å². The first kappa shape index (κ1) is 23.1. The SMILES string of the molecule is N#Cc1ccc(CSc2ccccc2C(=O)Nc2cccc(S(=O)(=O)N3CCCC3)c2)cc1. The number of benzene rings is 3. The highest BCUT2D eigenvalue weighted by molar-refractivity contribution is 7.98. The minimum absolute atomic E-state index is 0.186. The lowest BCUT2D eigenvalue weighted by Crippen LogP contribution is -2.27. The van der Waals surface area contributed by atoms with E-state index < -0.39 is 10.0 Å². The number of amides is 1. The second-order valence-electron chi connectivity index (χ2n) is 7.69. The number of anilines is 1. The minimum Gasteiger partial charge on any atom is -0.322 e. The molecule has 4 rings (SSSR count). The molecule has 0 aromatic heterocycles. The summed E-state index contributed by atoms with van der Waals surface area (Å²) in [7, 11) is -3.56. The van der Waals surface area contributed by atoms with Gasteiger partial charge in [0.25, 0.3) is 5.91 Å². The second kappa shape index (κ2) is 10.2. The summed E-state index contributed by atoms with van der Waals surface area (Å²) in [6.45, 7) is 1.06. The number of nitrogens with one attached hydrogen (secondary N) is 1. The first-order valence-corrected chi connectivity index (χ1v) is 13.0. The van der Waals surface area contributed by atoms with Crippen LogP contribution in [0.4, 0.5) is 5.69 Å². The molecule has 0 atom stereocenters. The normalized spacial score (nSPS) is 14.0. The zero-order chi connectivity index (χ0) is 23.3. The van der Waals surface area contributed by atoms with E-state index in [4.69, 9.17) is 5.26 Å². The van der Waals surface area contributed by atoms with E-state index in [0.717, 1.165) is 23.3 Å². The molecule has 0 unspecified atom stereocenters. The fourth-order valence-electron chi connectivity index (χ4n) is 3.63. The second-order valence-corrected chi connectivity index (χ2v) is 10.6. The van der Waals surface area contributed by atoms with Crippen LogP contribution in [0.25, 0.3) is 0 Å². The zero-order valence-electron chi connectivity index (χ0n) is 17.9. The molecule has 168 valence electrons. The molecule has 8 heteroatoms. The molecule has 0 saturated carbocycles. The molecule has 0 spiro atoms. The lowest BCUT2D eigenvalue weighted by atomic mass is 10.2. The van der Waals surface area contributed by atoms with Gasteiger partial charge in [-0.2, -0.15) is 9.57 Å². The quantitative estimate of drug-likeness (QED) is 0.490. The largest absolute Gasteiger partial charge is 0.322 e. The van der Waals surface area contributed by atoms with E-state index in [0.29, 0.717) is 35.7 Å². The summed E-state index contributed by atoms with van der Waals surface area (Å²) < 4.78 is 27.2. The summed E-state index contributed by atoms with van der Waals surface area (Å²) in [6.07, 6.45) is 1.74. The van der Waals surface area contributed by atoms with Gasteiger partial charge < -0.3 is 5.32 Å². The molecule has 33 heavy (non-hydrogen) atoms. The van der Waals surface area contributed by atoms with Crippen LogP contribution in [0, 0.1) is 11.3 Å². The first-order valence-electron chi connectivity index (χ1n) is 10.6. The van der Waals surface area contributed by atoms with E-state index in [1.54, 1.807) is 42.5 Å². The van der Waals surface area contributed by atoms with Crippen LogP contribution in [0.2, 0.25) is 0 Å². The van der Waals surface area contributed by atoms with Crippen molar-refractivity contribution in [3.8, 4) is 6.07 Å². The average Bonchev–Trinajstić information content (AvgIpc) is 3.39. The highest BCUT2D eigenvalue weighted by Gasteiger charge is 2.27. The molecular formula is C25H23N3O3S2. The third-order valence-electron chi connectivity index (χ3n) is 5.40. The van der Waals surface area contributed by atoms with Gasteiger partial charge in [-0.3, -0.25) is 4.79 Å². The molecule has 1 amide bonds. The number of rotatable bonds is 7. The molecule has 6 nitrogen and oxygen atoms in total. The Labute approximate surface area is 198 Å². The number of hydrogen-bond donors (Lipinski definition) is 1. The number of hydrogen-bond acceptors (Lipinski definition) is 5. The number of carbonyl (C=O) groups excluding carboxylic acids is 1. The highest BCUT2D eigenvalue weighted by atomic mass is 32.2. The van der Waals surface area contributed by atoms with Crippen molar-refractivity contribution in [2.75, 3.05) is 18.4 Å². The van der Waals surface area contributed by atoms with E-state index >= 15 is 0 Å². The van der Waals surface area contributed by atoms with Crippen LogP contribution in [-0.4, -0.2) is 31.7 Å². The smallest absolute Gasteiger partial charge is 0.256 e. The highest BCUT2D eigenvalue weighted by Crippen LogP contribution is 2.28. The third kappa shape index (κ3) is 5.45. The number of sulfonamides is 1. The van der Waals surface area contributed by atoms with Crippen molar-refractivity contribution in [3.63, 3.8) is 0 Å². The van der Waals surface area contributed by atoms with Gasteiger partial charge in [0.15, 0.2) is 0 Å². The maximum Gasteiger partial charge on any atom is 0.256 e. The van der Waals surface area contributed by atoms with Crippen LogP contribution < -0.4 is 5.32 Å². The monoisotopic (exact) mass is 477 g/mol. The van der Waals surface area contributed by atoms with Crippen LogP contribution in [0.5, 0.6) is 0 Å². The molecule has 1 fully saturated rings. The molecule has 0 radical (unpaired) electrons. The van der Waals surface area contributed by atoms with Crippen LogP contribution in [0.3, 0.4) is 0 Å². The van der Waals surface area contributed by atoms with E-state index in [1.165, 1.54) is 22.1 Å². The summed E-state index contributed by atoms with van der Waals surface area (Å²) in [5, 5.41) is 11.8. The van der Waals surface area contributed by atoms with Gasteiger partial charge >= 0.3 is 0 Å². The third-order valence-corrected chi connectivity index (χ3v) is 8.44. The summed E-state index contributed by atoms with van der Waals surface area (Å²) in [5.74, 6) is 0.355. The Morgan fingerprint density at radius 1 is 1.00 bits per heavy atom. The minimum atomic E-state index is -3.56. The fraction of sp³-hybridized carbons (Fsp3) is 0.200. The van der Waals surface area contributed by atoms with E-state index in [-0.39, 0.29) is 10.8 Å². The van der Waals surface area contributed by atoms with Crippen molar-refractivity contribution >= 4 is 33.4 Å². The van der Waals surface area contributed by atoms with Gasteiger partial charge in [0.05, 0.1) is 22.1 Å². The molecule has 3 aromatic carbocycles. The summed E-state index contributed by atoms with van der Waals surface area (Å²) >= 11 is 1.53. The van der Waals surface area contributed by atoms with Crippen molar-refractivity contribution in [1.29, 1.82) is 5.26 Å². The lowest BCUT2D eigenvalue weighted by Gasteiger charge is -2.16. The Balaban J connectivity index is 1.48. The molecule has 1 aliphatic heterocycles. The Morgan fingerprint density at radius 3 is 2.45 bits per heavy atom. The standard InChI is InChI=1S/C25H23N3O3S2/c26-17-19-10-12-20(13-11-19)18-32-24-9-2-1-8-23(24)25(29)27-21-6-5-7-22(16-21)33(30,31)28-14-3-4-15-28/h1-2,5-13,16H,3-4,14-15,18H2,(H,27,29). The number of nitrogens with zero attached hydrogens (tertiary/aromatic N) is 2. The summed E-state index contributed by atoms with van der Waals surface area (Å²) in [6, 6.07) is 23.2. The number of nitriles is 1. The Kier molecular flexibility index (Phi) is 7.14. The molecule has 1 heterocycles. The van der Waals surface area contributed by atoms with Gasteiger partial charge in [0.2, 0.25) is 10.0 Å². The first-order chi connectivity index (χ1) is 16.0. The van der Waals surface area contributed by atoms with Crippen molar-refractivity contribution in [1.82, 2.24) is 4.31 Å². The topological polar surface area (TPSA) is 90.3 Å². The predicted octanol–water partition coefficient (Wildman–Crippen LogP) is 4.89. The van der Waals surface area contributed by atoms with Gasteiger partial charge in [-0.25, -0.2) is 8.42 Å². The molecule has 0 aliphatic carbocycles. The van der Waals surface area contributed by atoms with E-state index in [2.05, 4.69) is 11.4 Å². The Bertz CT molecular complexity index is 1290.